The second-order valence-electron chi connectivity index (χ2n) is 7.79. The molecule has 0 saturated carbocycles. The summed E-state index contributed by atoms with van der Waals surface area (Å²) >= 11 is 0.603. The molecular formula is C21H17F5N4O3S. The Kier molecular flexibility index (Phi) is 5.92. The number of piperidine rings is 1. The van der Waals surface area contributed by atoms with Crippen LogP contribution < -0.4 is 4.90 Å². The average molecular weight is 500 g/mol. The van der Waals surface area contributed by atoms with Gasteiger partial charge < -0.3 is 10.0 Å². The van der Waals surface area contributed by atoms with Crippen LogP contribution in [0.4, 0.5) is 31.9 Å². The summed E-state index contributed by atoms with van der Waals surface area (Å²) in [6.45, 7) is -0.202. The van der Waals surface area contributed by atoms with E-state index in [0.717, 1.165) is 11.0 Å². The zero-order valence-electron chi connectivity index (χ0n) is 17.6. The SMILES string of the molecule is CN(C(=O)O)c1nc2cc(-c3ccc(C(=O)N4CCC(F)(F)CC4)cn3)cc(C(F)(F)F)c2s1. The van der Waals surface area contributed by atoms with E-state index in [1.807, 2.05) is 0 Å². The maximum atomic E-state index is 13.7. The fourth-order valence-corrected chi connectivity index (χ4v) is 4.55. The lowest BCUT2D eigenvalue weighted by atomic mass is 10.0. The molecule has 3 aromatic rings. The lowest BCUT2D eigenvalue weighted by Crippen LogP contribution is -2.42. The van der Waals surface area contributed by atoms with E-state index >= 15 is 0 Å². The van der Waals surface area contributed by atoms with Gasteiger partial charge in [-0.1, -0.05) is 11.3 Å². The molecule has 0 radical (unpaired) electrons. The van der Waals surface area contributed by atoms with Crippen LogP contribution in [0.15, 0.2) is 30.5 Å². The van der Waals surface area contributed by atoms with Gasteiger partial charge in [0.1, 0.15) is 0 Å². The number of nitrogens with zero attached hydrogens (tertiary/aromatic N) is 4. The second-order valence-corrected chi connectivity index (χ2v) is 8.77. The predicted molar refractivity (Wildman–Crippen MR) is 114 cm³/mol. The van der Waals surface area contributed by atoms with Gasteiger partial charge in [-0.15, -0.1) is 0 Å². The van der Waals surface area contributed by atoms with Crippen molar-refractivity contribution in [1.82, 2.24) is 14.9 Å². The predicted octanol–water partition coefficient (Wildman–Crippen LogP) is 5.36. The molecule has 2 aromatic heterocycles. The fourth-order valence-electron chi connectivity index (χ4n) is 3.52. The highest BCUT2D eigenvalue weighted by Gasteiger charge is 2.36. The number of fused-ring (bicyclic) bond motifs is 1. The molecule has 0 spiro atoms. The van der Waals surface area contributed by atoms with Gasteiger partial charge in [0.2, 0.25) is 0 Å². The number of rotatable bonds is 3. The third kappa shape index (κ3) is 4.65. The molecule has 0 atom stereocenters. The molecule has 1 aliphatic rings. The van der Waals surface area contributed by atoms with Gasteiger partial charge >= 0.3 is 12.3 Å². The lowest BCUT2D eigenvalue weighted by molar-refractivity contribution is -0.136. The van der Waals surface area contributed by atoms with E-state index in [1.54, 1.807) is 0 Å². The molecule has 3 heterocycles. The number of benzene rings is 1. The Morgan fingerprint density at radius 1 is 1.18 bits per heavy atom. The molecular weight excluding hydrogens is 483 g/mol. The topological polar surface area (TPSA) is 86.6 Å². The van der Waals surface area contributed by atoms with Crippen LogP contribution in [0.25, 0.3) is 21.5 Å². The summed E-state index contributed by atoms with van der Waals surface area (Å²) in [4.78, 5) is 33.9. The smallest absolute Gasteiger partial charge is 0.417 e. The number of amides is 2. The van der Waals surface area contributed by atoms with Crippen molar-refractivity contribution in [2.45, 2.75) is 24.9 Å². The third-order valence-electron chi connectivity index (χ3n) is 5.45. The number of thiazole rings is 1. The maximum absolute atomic E-state index is 13.7. The van der Waals surface area contributed by atoms with E-state index in [2.05, 4.69) is 9.97 Å². The minimum Gasteiger partial charge on any atom is -0.465 e. The van der Waals surface area contributed by atoms with Crippen LogP contribution >= 0.6 is 11.3 Å². The minimum atomic E-state index is -4.73. The Bertz CT molecular complexity index is 1250. The molecule has 34 heavy (non-hydrogen) atoms. The van der Waals surface area contributed by atoms with Crippen LogP contribution in [0.5, 0.6) is 0 Å². The number of likely N-dealkylation sites (tertiary alicyclic amines) is 1. The Balaban J connectivity index is 1.67. The van der Waals surface area contributed by atoms with E-state index in [1.165, 1.54) is 36.3 Å². The lowest BCUT2D eigenvalue weighted by Gasteiger charge is -2.31. The molecule has 7 nitrogen and oxygen atoms in total. The number of carboxylic acid groups (broad SMARTS) is 1. The third-order valence-corrected chi connectivity index (χ3v) is 6.63. The van der Waals surface area contributed by atoms with E-state index in [0.29, 0.717) is 11.3 Å². The zero-order chi connectivity index (χ0) is 24.8. The van der Waals surface area contributed by atoms with Crippen LogP contribution in [0, 0.1) is 0 Å². The van der Waals surface area contributed by atoms with Gasteiger partial charge in [-0.25, -0.2) is 18.6 Å². The van der Waals surface area contributed by atoms with Gasteiger partial charge in [0.15, 0.2) is 5.13 Å². The second kappa shape index (κ2) is 8.46. The van der Waals surface area contributed by atoms with E-state index in [9.17, 15) is 31.5 Å². The van der Waals surface area contributed by atoms with Crippen molar-refractivity contribution < 1.29 is 36.6 Å². The standard InChI is InChI=1S/C21H17F5N4O3S/c1-29(19(32)33)18-28-15-9-12(8-13(16(15)34-18)21(24,25)26)14-3-2-11(10-27-14)17(31)30-6-4-20(22,23)5-7-30/h2-3,8-10H,4-7H2,1H3,(H,32,33). The molecule has 13 heteroatoms. The summed E-state index contributed by atoms with van der Waals surface area (Å²) < 4.78 is 67.7. The van der Waals surface area contributed by atoms with Crippen LogP contribution in [-0.2, 0) is 6.18 Å². The molecule has 1 saturated heterocycles. The van der Waals surface area contributed by atoms with Crippen LogP contribution in [-0.4, -0.2) is 58.0 Å². The first-order valence-corrected chi connectivity index (χ1v) is 10.8. The Morgan fingerprint density at radius 3 is 2.41 bits per heavy atom. The molecule has 2 amide bonds. The maximum Gasteiger partial charge on any atom is 0.417 e. The quantitative estimate of drug-likeness (QED) is 0.489. The fraction of sp³-hybridized carbons (Fsp3) is 0.333. The van der Waals surface area contributed by atoms with Gasteiger partial charge in [-0.3, -0.25) is 14.7 Å². The molecule has 0 aliphatic carbocycles. The normalized spacial score (nSPS) is 16.0. The first-order chi connectivity index (χ1) is 15.9. The summed E-state index contributed by atoms with van der Waals surface area (Å²) in [5.41, 5.74) is -0.695. The van der Waals surface area contributed by atoms with Crippen LogP contribution in [0.2, 0.25) is 0 Å². The first kappa shape index (κ1) is 23.8. The van der Waals surface area contributed by atoms with Gasteiger partial charge in [-0.05, 0) is 24.3 Å². The molecule has 4 rings (SSSR count). The van der Waals surface area contributed by atoms with Crippen molar-refractivity contribution in [3.8, 4) is 11.3 Å². The molecule has 0 unspecified atom stereocenters. The molecule has 1 aromatic carbocycles. The van der Waals surface area contributed by atoms with Crippen molar-refractivity contribution in [3.05, 3.63) is 41.6 Å². The minimum absolute atomic E-state index is 0.0471. The van der Waals surface area contributed by atoms with Crippen LogP contribution in [0.3, 0.4) is 0 Å². The number of aromatic nitrogens is 2. The average Bonchev–Trinajstić information content (AvgIpc) is 3.20. The van der Waals surface area contributed by atoms with Gasteiger partial charge in [0.05, 0.1) is 27.0 Å². The monoisotopic (exact) mass is 500 g/mol. The Hall–Kier alpha value is -3.35. The van der Waals surface area contributed by atoms with Crippen molar-refractivity contribution in [2.24, 2.45) is 0 Å². The van der Waals surface area contributed by atoms with Crippen molar-refractivity contribution in [3.63, 3.8) is 0 Å². The number of alkyl halides is 5. The zero-order valence-corrected chi connectivity index (χ0v) is 18.4. The molecule has 1 N–H and O–H groups in total. The first-order valence-electron chi connectivity index (χ1n) is 9.98. The number of hydrogen-bond donors (Lipinski definition) is 1. The van der Waals surface area contributed by atoms with E-state index in [4.69, 9.17) is 5.11 Å². The number of hydrogen-bond acceptors (Lipinski definition) is 5. The highest BCUT2D eigenvalue weighted by molar-refractivity contribution is 7.22. The number of anilines is 1. The Morgan fingerprint density at radius 2 is 1.85 bits per heavy atom. The highest BCUT2D eigenvalue weighted by Crippen LogP contribution is 2.42. The molecule has 180 valence electrons. The summed E-state index contributed by atoms with van der Waals surface area (Å²) in [6.07, 6.45) is -5.78. The van der Waals surface area contributed by atoms with Gasteiger partial charge in [0, 0.05) is 44.7 Å². The number of halogens is 5. The van der Waals surface area contributed by atoms with E-state index in [-0.39, 0.29) is 45.3 Å². The van der Waals surface area contributed by atoms with Crippen molar-refractivity contribution in [1.29, 1.82) is 0 Å². The van der Waals surface area contributed by atoms with Crippen molar-refractivity contribution >= 4 is 38.7 Å². The molecule has 1 fully saturated rings. The molecule has 0 bridgehead atoms. The number of carbonyl (C=O) groups excluding carboxylic acids is 1. The van der Waals surface area contributed by atoms with Gasteiger partial charge in [-0.2, -0.15) is 13.2 Å². The number of pyridine rings is 1. The van der Waals surface area contributed by atoms with Crippen molar-refractivity contribution in [2.75, 3.05) is 25.0 Å². The summed E-state index contributed by atoms with van der Waals surface area (Å²) in [7, 11) is 1.18. The summed E-state index contributed by atoms with van der Waals surface area (Å²) in [5.74, 6) is -3.29. The molecule has 1 aliphatic heterocycles. The number of carbonyl (C=O) groups is 2. The van der Waals surface area contributed by atoms with Crippen LogP contribution in [0.1, 0.15) is 28.8 Å². The Labute approximate surface area is 193 Å². The van der Waals surface area contributed by atoms with E-state index < -0.39 is 42.5 Å². The summed E-state index contributed by atoms with van der Waals surface area (Å²) in [5, 5.41) is 8.99. The van der Waals surface area contributed by atoms with Gasteiger partial charge in [0.25, 0.3) is 11.8 Å². The summed E-state index contributed by atoms with van der Waals surface area (Å²) in [6, 6.07) is 4.99. The largest absolute Gasteiger partial charge is 0.465 e. The highest BCUT2D eigenvalue weighted by atomic mass is 32.1.